The molecule has 1 fully saturated rings. The van der Waals surface area contributed by atoms with Crippen LogP contribution in [0, 0.1) is 6.92 Å². The highest BCUT2D eigenvalue weighted by Gasteiger charge is 2.38. The van der Waals surface area contributed by atoms with Gasteiger partial charge in [0, 0.05) is 30.7 Å². The van der Waals surface area contributed by atoms with Crippen molar-refractivity contribution < 1.29 is 0 Å². The van der Waals surface area contributed by atoms with Crippen molar-refractivity contribution in [2.75, 3.05) is 13.1 Å². The van der Waals surface area contributed by atoms with Gasteiger partial charge in [-0.05, 0) is 44.2 Å². The summed E-state index contributed by atoms with van der Waals surface area (Å²) < 4.78 is 0. The fraction of sp³-hybridized carbons (Fsp3) is 0.684. The molecule has 1 saturated heterocycles. The van der Waals surface area contributed by atoms with Crippen LogP contribution in [0.2, 0.25) is 0 Å². The molecule has 2 unspecified atom stereocenters. The van der Waals surface area contributed by atoms with Gasteiger partial charge in [0.2, 0.25) is 0 Å². The molecule has 0 aliphatic carbocycles. The van der Waals surface area contributed by atoms with Gasteiger partial charge in [0.1, 0.15) is 0 Å². The lowest BCUT2D eigenvalue weighted by Crippen LogP contribution is -2.64. The van der Waals surface area contributed by atoms with Crippen LogP contribution in [-0.2, 0) is 0 Å². The van der Waals surface area contributed by atoms with Crippen molar-refractivity contribution in [3.63, 3.8) is 0 Å². The van der Waals surface area contributed by atoms with Gasteiger partial charge < -0.3 is 5.32 Å². The van der Waals surface area contributed by atoms with E-state index in [9.17, 15) is 0 Å². The summed E-state index contributed by atoms with van der Waals surface area (Å²) in [6, 6.07) is 10.00. The topological polar surface area (TPSA) is 15.3 Å². The van der Waals surface area contributed by atoms with E-state index in [0.29, 0.717) is 17.6 Å². The molecule has 1 aromatic rings. The molecule has 0 radical (unpaired) electrons. The number of aryl methyl sites for hydroxylation is 1. The summed E-state index contributed by atoms with van der Waals surface area (Å²) >= 11 is 0. The number of piperazine rings is 1. The highest BCUT2D eigenvalue weighted by molar-refractivity contribution is 5.28. The third kappa shape index (κ3) is 3.32. The Morgan fingerprint density at radius 3 is 2.48 bits per heavy atom. The predicted molar refractivity (Wildman–Crippen MR) is 91.7 cm³/mol. The number of benzene rings is 1. The van der Waals surface area contributed by atoms with E-state index in [-0.39, 0.29) is 0 Å². The smallest absolute Gasteiger partial charge is 0.0326 e. The molecule has 21 heavy (non-hydrogen) atoms. The minimum absolute atomic E-state index is 0.294. The molecule has 0 aromatic heterocycles. The molecule has 2 nitrogen and oxygen atoms in total. The zero-order chi connectivity index (χ0) is 15.5. The molecule has 1 heterocycles. The average molecular weight is 288 g/mol. The first-order valence-electron chi connectivity index (χ1n) is 8.63. The maximum atomic E-state index is 3.84. The van der Waals surface area contributed by atoms with Gasteiger partial charge in [0.05, 0.1) is 0 Å². The number of hydrogen-bond acceptors (Lipinski definition) is 2. The number of hydrogen-bond donors (Lipinski definition) is 1. The van der Waals surface area contributed by atoms with Crippen molar-refractivity contribution in [3.05, 3.63) is 35.4 Å². The number of nitrogens with one attached hydrogen (secondary N) is 1. The SMILES string of the molecule is CCC1CNC(CC)(CC)CN1C(C)c1ccccc1C. The predicted octanol–water partition coefficient (Wildman–Crippen LogP) is 4.30. The van der Waals surface area contributed by atoms with Crippen LogP contribution >= 0.6 is 0 Å². The molecule has 1 aliphatic rings. The molecule has 118 valence electrons. The molecule has 2 rings (SSSR count). The minimum atomic E-state index is 0.294. The van der Waals surface area contributed by atoms with Crippen LogP contribution in [0.3, 0.4) is 0 Å². The molecule has 2 atom stereocenters. The zero-order valence-corrected chi connectivity index (χ0v) is 14.4. The monoisotopic (exact) mass is 288 g/mol. The van der Waals surface area contributed by atoms with Crippen LogP contribution in [0.4, 0.5) is 0 Å². The first-order valence-corrected chi connectivity index (χ1v) is 8.63. The Morgan fingerprint density at radius 2 is 1.90 bits per heavy atom. The van der Waals surface area contributed by atoms with Crippen molar-refractivity contribution in [2.24, 2.45) is 0 Å². The zero-order valence-electron chi connectivity index (χ0n) is 14.4. The quantitative estimate of drug-likeness (QED) is 0.869. The molecular formula is C19H32N2. The van der Waals surface area contributed by atoms with Crippen molar-refractivity contribution in [1.82, 2.24) is 10.2 Å². The van der Waals surface area contributed by atoms with Gasteiger partial charge >= 0.3 is 0 Å². The maximum Gasteiger partial charge on any atom is 0.0326 e. The molecule has 1 aromatic carbocycles. The lowest BCUT2D eigenvalue weighted by Gasteiger charge is -2.50. The van der Waals surface area contributed by atoms with Crippen molar-refractivity contribution in [3.8, 4) is 0 Å². The molecule has 0 amide bonds. The molecule has 0 bridgehead atoms. The van der Waals surface area contributed by atoms with Gasteiger partial charge in [-0.15, -0.1) is 0 Å². The van der Waals surface area contributed by atoms with Crippen LogP contribution in [0.15, 0.2) is 24.3 Å². The Morgan fingerprint density at radius 1 is 1.24 bits per heavy atom. The lowest BCUT2D eigenvalue weighted by molar-refractivity contribution is 0.0398. The summed E-state index contributed by atoms with van der Waals surface area (Å²) in [5.74, 6) is 0. The largest absolute Gasteiger partial charge is 0.308 e. The van der Waals surface area contributed by atoms with E-state index in [4.69, 9.17) is 0 Å². The van der Waals surface area contributed by atoms with Crippen LogP contribution < -0.4 is 5.32 Å². The Kier molecular flexibility index (Phi) is 5.45. The van der Waals surface area contributed by atoms with Gasteiger partial charge in [0.15, 0.2) is 0 Å². The van der Waals surface area contributed by atoms with Gasteiger partial charge in [-0.1, -0.05) is 45.0 Å². The molecule has 2 heteroatoms. The van der Waals surface area contributed by atoms with Crippen LogP contribution in [-0.4, -0.2) is 29.6 Å². The highest BCUT2D eigenvalue weighted by Crippen LogP contribution is 2.32. The van der Waals surface area contributed by atoms with Crippen molar-refractivity contribution >= 4 is 0 Å². The minimum Gasteiger partial charge on any atom is -0.308 e. The van der Waals surface area contributed by atoms with Crippen LogP contribution in [0.1, 0.15) is 64.1 Å². The Hall–Kier alpha value is -0.860. The third-order valence-electron chi connectivity index (χ3n) is 5.63. The summed E-state index contributed by atoms with van der Waals surface area (Å²) in [6.07, 6.45) is 3.63. The average Bonchev–Trinajstić information content (AvgIpc) is 2.54. The molecule has 1 N–H and O–H groups in total. The molecule has 0 spiro atoms. The van der Waals surface area contributed by atoms with Gasteiger partial charge in [-0.25, -0.2) is 0 Å². The van der Waals surface area contributed by atoms with E-state index in [1.54, 1.807) is 0 Å². The van der Waals surface area contributed by atoms with Gasteiger partial charge in [0.25, 0.3) is 0 Å². The van der Waals surface area contributed by atoms with Gasteiger partial charge in [-0.2, -0.15) is 0 Å². The van der Waals surface area contributed by atoms with E-state index >= 15 is 0 Å². The second kappa shape index (κ2) is 6.93. The summed E-state index contributed by atoms with van der Waals surface area (Å²) in [5.41, 5.74) is 3.19. The first kappa shape index (κ1) is 16.5. The Bertz CT molecular complexity index is 451. The van der Waals surface area contributed by atoms with Crippen LogP contribution in [0.5, 0.6) is 0 Å². The summed E-state index contributed by atoms with van der Waals surface area (Å²) in [5, 5.41) is 3.84. The number of nitrogens with zero attached hydrogens (tertiary/aromatic N) is 1. The number of rotatable bonds is 5. The first-order chi connectivity index (χ1) is 10.1. The van der Waals surface area contributed by atoms with E-state index in [2.05, 4.69) is 69.1 Å². The molecule has 0 saturated carbocycles. The summed E-state index contributed by atoms with van der Waals surface area (Å²) in [7, 11) is 0. The van der Waals surface area contributed by atoms with Crippen molar-refractivity contribution in [1.29, 1.82) is 0 Å². The third-order valence-corrected chi connectivity index (χ3v) is 5.63. The maximum absolute atomic E-state index is 3.84. The standard InChI is InChI=1S/C19H32N2/c1-6-17-13-20-19(7-2,8-3)14-21(17)16(5)18-12-10-9-11-15(18)4/h9-12,16-17,20H,6-8,13-14H2,1-5H3. The lowest BCUT2D eigenvalue weighted by atomic mass is 9.86. The Labute approximate surface area is 130 Å². The fourth-order valence-electron chi connectivity index (χ4n) is 3.78. The summed E-state index contributed by atoms with van der Waals surface area (Å²) in [6.45, 7) is 13.9. The van der Waals surface area contributed by atoms with Gasteiger partial charge in [-0.3, -0.25) is 4.90 Å². The van der Waals surface area contributed by atoms with Crippen molar-refractivity contribution in [2.45, 2.75) is 71.5 Å². The fourth-order valence-corrected chi connectivity index (χ4v) is 3.78. The van der Waals surface area contributed by atoms with E-state index in [1.807, 2.05) is 0 Å². The Balaban J connectivity index is 2.27. The summed E-state index contributed by atoms with van der Waals surface area (Å²) in [4.78, 5) is 2.74. The second-order valence-corrected chi connectivity index (χ2v) is 6.64. The molecular weight excluding hydrogens is 256 g/mol. The van der Waals surface area contributed by atoms with E-state index < -0.39 is 0 Å². The normalized spacial score (nSPS) is 24.0. The molecule has 1 aliphatic heterocycles. The van der Waals surface area contributed by atoms with E-state index in [1.165, 1.54) is 30.4 Å². The van der Waals surface area contributed by atoms with E-state index in [0.717, 1.165) is 13.1 Å². The highest BCUT2D eigenvalue weighted by atomic mass is 15.3. The second-order valence-electron chi connectivity index (χ2n) is 6.64. The van der Waals surface area contributed by atoms with Crippen LogP contribution in [0.25, 0.3) is 0 Å².